The van der Waals surface area contributed by atoms with Gasteiger partial charge in [0.05, 0.1) is 6.61 Å². The van der Waals surface area contributed by atoms with E-state index in [0.29, 0.717) is 6.54 Å². The quantitative estimate of drug-likeness (QED) is 0.810. The first-order valence-corrected chi connectivity index (χ1v) is 5.45. The van der Waals surface area contributed by atoms with Crippen LogP contribution in [0.25, 0.3) is 0 Å². The minimum Gasteiger partial charge on any atom is -0.395 e. The third kappa shape index (κ3) is 4.74. The van der Waals surface area contributed by atoms with Gasteiger partial charge in [0.1, 0.15) is 12.4 Å². The second kappa shape index (κ2) is 6.39. The lowest BCUT2D eigenvalue weighted by Gasteiger charge is -2.24. The fourth-order valence-corrected chi connectivity index (χ4v) is 1.38. The zero-order valence-electron chi connectivity index (χ0n) is 9.91. The van der Waals surface area contributed by atoms with E-state index in [4.69, 9.17) is 5.11 Å². The highest BCUT2D eigenvalue weighted by Crippen LogP contribution is 2.20. The minimum atomic E-state index is -4.35. The number of alkyl halides is 3. The zero-order chi connectivity index (χ0) is 13.6. The molecule has 1 aromatic rings. The van der Waals surface area contributed by atoms with Crippen molar-refractivity contribution in [2.24, 2.45) is 0 Å². The number of hydrogen-bond acceptors (Lipinski definition) is 5. The standard InChI is InChI=1S/C10H15F3N4O/c1-2-14-9-15-4-3-8(16-9)17(5-6-18)7-10(11,12)13/h3-4,18H,2,5-7H2,1H3,(H,14,15,16). The Balaban J connectivity index is 2.87. The second-order valence-corrected chi connectivity index (χ2v) is 3.53. The molecule has 2 N–H and O–H groups in total. The van der Waals surface area contributed by atoms with Gasteiger partial charge >= 0.3 is 6.18 Å². The number of nitrogens with one attached hydrogen (secondary N) is 1. The maximum Gasteiger partial charge on any atom is 0.405 e. The Morgan fingerprint density at radius 3 is 2.72 bits per heavy atom. The molecule has 0 saturated heterocycles. The molecule has 0 spiro atoms. The third-order valence-corrected chi connectivity index (χ3v) is 2.04. The van der Waals surface area contributed by atoms with Gasteiger partial charge < -0.3 is 15.3 Å². The van der Waals surface area contributed by atoms with Crippen molar-refractivity contribution >= 4 is 11.8 Å². The van der Waals surface area contributed by atoms with Crippen LogP contribution in [-0.4, -0.2) is 47.5 Å². The smallest absolute Gasteiger partial charge is 0.395 e. The predicted molar refractivity (Wildman–Crippen MR) is 61.5 cm³/mol. The van der Waals surface area contributed by atoms with Gasteiger partial charge in [0.15, 0.2) is 0 Å². The van der Waals surface area contributed by atoms with E-state index < -0.39 is 12.7 Å². The zero-order valence-corrected chi connectivity index (χ0v) is 9.91. The first-order chi connectivity index (χ1) is 8.46. The molecule has 0 unspecified atom stereocenters. The van der Waals surface area contributed by atoms with E-state index in [0.717, 1.165) is 4.90 Å². The summed E-state index contributed by atoms with van der Waals surface area (Å²) in [4.78, 5) is 8.79. The van der Waals surface area contributed by atoms with Crippen LogP contribution in [0.5, 0.6) is 0 Å². The molecule has 18 heavy (non-hydrogen) atoms. The van der Waals surface area contributed by atoms with E-state index in [2.05, 4.69) is 15.3 Å². The average Bonchev–Trinajstić information content (AvgIpc) is 2.28. The number of aliphatic hydroxyl groups excluding tert-OH is 1. The highest BCUT2D eigenvalue weighted by atomic mass is 19.4. The third-order valence-electron chi connectivity index (χ3n) is 2.04. The van der Waals surface area contributed by atoms with Crippen LogP contribution in [-0.2, 0) is 0 Å². The molecule has 0 aliphatic heterocycles. The van der Waals surface area contributed by atoms with Crippen LogP contribution in [0.2, 0.25) is 0 Å². The first-order valence-electron chi connectivity index (χ1n) is 5.45. The van der Waals surface area contributed by atoms with Gasteiger partial charge in [0, 0.05) is 19.3 Å². The fourth-order valence-electron chi connectivity index (χ4n) is 1.38. The summed E-state index contributed by atoms with van der Waals surface area (Å²) < 4.78 is 37.1. The minimum absolute atomic E-state index is 0.132. The van der Waals surface area contributed by atoms with Crippen LogP contribution in [0.15, 0.2) is 12.3 Å². The highest BCUT2D eigenvalue weighted by Gasteiger charge is 2.31. The van der Waals surface area contributed by atoms with Gasteiger partial charge in [-0.25, -0.2) is 4.98 Å². The summed E-state index contributed by atoms with van der Waals surface area (Å²) in [5.41, 5.74) is 0. The normalized spacial score (nSPS) is 11.4. The van der Waals surface area contributed by atoms with E-state index in [1.807, 2.05) is 6.92 Å². The Morgan fingerprint density at radius 1 is 1.44 bits per heavy atom. The molecule has 0 bridgehead atoms. The topological polar surface area (TPSA) is 61.3 Å². The van der Waals surface area contributed by atoms with Gasteiger partial charge in [-0.2, -0.15) is 18.2 Å². The summed E-state index contributed by atoms with van der Waals surface area (Å²) in [6.45, 7) is 0.731. The summed E-state index contributed by atoms with van der Waals surface area (Å²) in [5, 5.41) is 11.6. The lowest BCUT2D eigenvalue weighted by molar-refractivity contribution is -0.120. The van der Waals surface area contributed by atoms with E-state index in [-0.39, 0.29) is 24.9 Å². The molecule has 5 nitrogen and oxygen atoms in total. The van der Waals surface area contributed by atoms with Crippen LogP contribution in [0.1, 0.15) is 6.92 Å². The lowest BCUT2D eigenvalue weighted by atomic mass is 10.4. The predicted octanol–water partition coefficient (Wildman–Crippen LogP) is 1.27. The molecule has 0 saturated carbocycles. The molecule has 0 radical (unpaired) electrons. The van der Waals surface area contributed by atoms with Crippen molar-refractivity contribution in [1.29, 1.82) is 0 Å². The molecule has 0 amide bonds. The Bertz CT molecular complexity index is 372. The summed E-state index contributed by atoms with van der Waals surface area (Å²) in [6.07, 6.45) is -2.97. The molecule has 8 heteroatoms. The number of hydrogen-bond donors (Lipinski definition) is 2. The van der Waals surface area contributed by atoms with Crippen LogP contribution < -0.4 is 10.2 Å². The van der Waals surface area contributed by atoms with Crippen molar-refractivity contribution in [3.8, 4) is 0 Å². The number of aromatic nitrogens is 2. The van der Waals surface area contributed by atoms with Gasteiger partial charge in [-0.05, 0) is 13.0 Å². The van der Waals surface area contributed by atoms with Crippen molar-refractivity contribution in [2.45, 2.75) is 13.1 Å². The van der Waals surface area contributed by atoms with Crippen LogP contribution in [0.4, 0.5) is 24.9 Å². The number of anilines is 2. The highest BCUT2D eigenvalue weighted by molar-refractivity contribution is 5.42. The van der Waals surface area contributed by atoms with Crippen LogP contribution in [0, 0.1) is 0 Å². The van der Waals surface area contributed by atoms with Crippen molar-refractivity contribution < 1.29 is 18.3 Å². The SMILES string of the molecule is CCNc1nccc(N(CCO)CC(F)(F)F)n1. The fraction of sp³-hybridized carbons (Fsp3) is 0.600. The van der Waals surface area contributed by atoms with Crippen molar-refractivity contribution in [3.63, 3.8) is 0 Å². The van der Waals surface area contributed by atoms with Gasteiger partial charge in [-0.1, -0.05) is 0 Å². The maximum absolute atomic E-state index is 12.4. The van der Waals surface area contributed by atoms with Gasteiger partial charge in [-0.15, -0.1) is 0 Å². The molecular formula is C10H15F3N4O. The molecule has 1 heterocycles. The maximum atomic E-state index is 12.4. The van der Waals surface area contributed by atoms with Gasteiger partial charge in [0.2, 0.25) is 5.95 Å². The molecule has 0 aliphatic rings. The lowest BCUT2D eigenvalue weighted by Crippen LogP contribution is -2.36. The van der Waals surface area contributed by atoms with Crippen LogP contribution in [0.3, 0.4) is 0 Å². The van der Waals surface area contributed by atoms with E-state index in [1.165, 1.54) is 12.3 Å². The van der Waals surface area contributed by atoms with Crippen molar-refractivity contribution in [2.75, 3.05) is 36.5 Å². The summed E-state index contributed by atoms with van der Waals surface area (Å²) in [6, 6.07) is 1.38. The molecule has 102 valence electrons. The Hall–Kier alpha value is -1.57. The molecule has 0 fully saturated rings. The molecule has 1 rings (SSSR count). The number of nitrogens with zero attached hydrogens (tertiary/aromatic N) is 3. The monoisotopic (exact) mass is 264 g/mol. The molecule has 0 atom stereocenters. The van der Waals surface area contributed by atoms with E-state index in [1.54, 1.807) is 0 Å². The number of aliphatic hydroxyl groups is 1. The van der Waals surface area contributed by atoms with Crippen molar-refractivity contribution in [1.82, 2.24) is 9.97 Å². The summed E-state index contributed by atoms with van der Waals surface area (Å²) in [5.74, 6) is 0.396. The summed E-state index contributed by atoms with van der Waals surface area (Å²) in [7, 11) is 0. The number of rotatable bonds is 6. The van der Waals surface area contributed by atoms with Gasteiger partial charge in [0.25, 0.3) is 0 Å². The Labute approximate surface area is 103 Å². The van der Waals surface area contributed by atoms with Crippen LogP contribution >= 0.6 is 0 Å². The Kier molecular flexibility index (Phi) is 5.14. The number of halogens is 3. The van der Waals surface area contributed by atoms with Crippen molar-refractivity contribution in [3.05, 3.63) is 12.3 Å². The molecule has 0 aliphatic carbocycles. The average molecular weight is 264 g/mol. The molecular weight excluding hydrogens is 249 g/mol. The first kappa shape index (κ1) is 14.5. The van der Waals surface area contributed by atoms with Gasteiger partial charge in [-0.3, -0.25) is 0 Å². The molecule has 0 aromatic carbocycles. The van der Waals surface area contributed by atoms with E-state index >= 15 is 0 Å². The second-order valence-electron chi connectivity index (χ2n) is 3.53. The van der Waals surface area contributed by atoms with E-state index in [9.17, 15) is 13.2 Å². The largest absolute Gasteiger partial charge is 0.405 e. The Morgan fingerprint density at radius 2 is 2.17 bits per heavy atom. The summed E-state index contributed by atoms with van der Waals surface area (Å²) >= 11 is 0. The molecule has 1 aromatic heterocycles.